The molecule has 1 aliphatic heterocycles. The molecule has 3 heteroatoms. The van der Waals surface area contributed by atoms with Crippen molar-refractivity contribution in [2.45, 2.75) is 65.0 Å². The minimum Gasteiger partial charge on any atom is -0.390 e. The maximum Gasteiger partial charge on any atom is 0.0791 e. The molecule has 0 aromatic heterocycles. The van der Waals surface area contributed by atoms with E-state index in [1.165, 1.54) is 25.7 Å². The van der Waals surface area contributed by atoms with Gasteiger partial charge in [0.1, 0.15) is 0 Å². The predicted octanol–water partition coefficient (Wildman–Crippen LogP) is 2.25. The molecule has 1 aliphatic rings. The van der Waals surface area contributed by atoms with Crippen molar-refractivity contribution in [3.63, 3.8) is 0 Å². The summed E-state index contributed by atoms with van der Waals surface area (Å²) >= 11 is 0. The summed E-state index contributed by atoms with van der Waals surface area (Å²) in [6, 6.07) is 0. The van der Waals surface area contributed by atoms with Gasteiger partial charge in [-0.3, -0.25) is 0 Å². The van der Waals surface area contributed by atoms with Crippen LogP contribution in [0.3, 0.4) is 0 Å². The number of hydrogen-bond donors (Lipinski definition) is 2. The molecule has 2 atom stereocenters. The highest BCUT2D eigenvalue weighted by molar-refractivity contribution is 4.76. The summed E-state index contributed by atoms with van der Waals surface area (Å²) < 4.78 is 0. The Morgan fingerprint density at radius 3 is 2.61 bits per heavy atom. The fraction of sp³-hybridized carbons (Fsp3) is 1.00. The Bertz CT molecular complexity index is 225. The third-order valence-electron chi connectivity index (χ3n) is 3.85. The van der Waals surface area contributed by atoms with Crippen molar-refractivity contribution in [3.8, 4) is 0 Å². The molecule has 2 N–H and O–H groups in total. The Kier molecular flexibility index (Phi) is 6.61. The summed E-state index contributed by atoms with van der Waals surface area (Å²) in [7, 11) is 0. The Morgan fingerprint density at radius 1 is 1.28 bits per heavy atom. The molecule has 18 heavy (non-hydrogen) atoms. The lowest BCUT2D eigenvalue weighted by atomic mass is 9.98. The number of nitrogens with one attached hydrogen (secondary N) is 1. The quantitative estimate of drug-likeness (QED) is 0.792. The molecule has 0 saturated carbocycles. The zero-order chi connectivity index (χ0) is 13.6. The third-order valence-corrected chi connectivity index (χ3v) is 3.85. The van der Waals surface area contributed by atoms with Crippen molar-refractivity contribution in [1.82, 2.24) is 10.2 Å². The van der Waals surface area contributed by atoms with Crippen molar-refractivity contribution < 1.29 is 5.11 Å². The molecular formula is C15H32N2O. The van der Waals surface area contributed by atoms with Gasteiger partial charge in [-0.25, -0.2) is 0 Å². The first-order valence-electron chi connectivity index (χ1n) is 7.56. The largest absolute Gasteiger partial charge is 0.390 e. The lowest BCUT2D eigenvalue weighted by Gasteiger charge is -2.27. The molecule has 1 heterocycles. The van der Waals surface area contributed by atoms with Gasteiger partial charge in [-0.05, 0) is 59.0 Å². The Morgan fingerprint density at radius 2 is 2.00 bits per heavy atom. The first kappa shape index (κ1) is 15.9. The average molecular weight is 256 g/mol. The number of aliphatic hydroxyl groups is 1. The third kappa shape index (κ3) is 6.72. The topological polar surface area (TPSA) is 35.5 Å². The maximum atomic E-state index is 10.1. The van der Waals surface area contributed by atoms with Crippen molar-refractivity contribution >= 4 is 0 Å². The van der Waals surface area contributed by atoms with Gasteiger partial charge >= 0.3 is 0 Å². The molecule has 1 rings (SSSR count). The molecule has 0 radical (unpaired) electrons. The monoisotopic (exact) mass is 256 g/mol. The van der Waals surface area contributed by atoms with Gasteiger partial charge in [0.2, 0.25) is 0 Å². The van der Waals surface area contributed by atoms with Gasteiger partial charge in [-0.2, -0.15) is 0 Å². The van der Waals surface area contributed by atoms with Gasteiger partial charge < -0.3 is 15.3 Å². The van der Waals surface area contributed by atoms with Crippen molar-refractivity contribution in [2.24, 2.45) is 5.92 Å². The Labute approximate surface area is 113 Å². The van der Waals surface area contributed by atoms with E-state index in [1.807, 2.05) is 0 Å². The van der Waals surface area contributed by atoms with Crippen LogP contribution in [0.4, 0.5) is 0 Å². The second-order valence-electron chi connectivity index (χ2n) is 6.79. The number of aliphatic hydroxyl groups excluding tert-OH is 1. The molecule has 1 saturated heterocycles. The minimum atomic E-state index is -0.248. The first-order valence-corrected chi connectivity index (χ1v) is 7.56. The average Bonchev–Trinajstić information content (AvgIpc) is 2.51. The number of rotatable bonds is 5. The fourth-order valence-corrected chi connectivity index (χ4v) is 2.60. The highest BCUT2D eigenvalue weighted by atomic mass is 16.3. The molecule has 3 nitrogen and oxygen atoms in total. The van der Waals surface area contributed by atoms with Gasteiger partial charge in [0, 0.05) is 18.6 Å². The Balaban J connectivity index is 2.25. The molecule has 0 aromatic carbocycles. The fourth-order valence-electron chi connectivity index (χ4n) is 2.60. The summed E-state index contributed by atoms with van der Waals surface area (Å²) in [5.41, 5.74) is 0.0904. The molecular weight excluding hydrogens is 224 g/mol. The zero-order valence-corrected chi connectivity index (χ0v) is 12.7. The van der Waals surface area contributed by atoms with Crippen molar-refractivity contribution in [2.75, 3.05) is 26.2 Å². The van der Waals surface area contributed by atoms with E-state index in [2.05, 4.69) is 37.9 Å². The summed E-state index contributed by atoms with van der Waals surface area (Å²) in [4.78, 5) is 2.44. The van der Waals surface area contributed by atoms with Crippen LogP contribution < -0.4 is 5.32 Å². The van der Waals surface area contributed by atoms with Crippen LogP contribution >= 0.6 is 0 Å². The van der Waals surface area contributed by atoms with Crippen LogP contribution in [0, 0.1) is 5.92 Å². The van der Waals surface area contributed by atoms with Crippen LogP contribution in [-0.2, 0) is 0 Å². The summed E-state index contributed by atoms with van der Waals surface area (Å²) in [5, 5.41) is 13.4. The molecule has 0 aliphatic carbocycles. The van der Waals surface area contributed by atoms with Crippen LogP contribution in [0.15, 0.2) is 0 Å². The zero-order valence-electron chi connectivity index (χ0n) is 12.7. The van der Waals surface area contributed by atoms with E-state index in [4.69, 9.17) is 0 Å². The van der Waals surface area contributed by atoms with E-state index >= 15 is 0 Å². The number of β-amino-alcohol motifs (C(OH)–C–C–N with tert-alkyl or cyclic N) is 1. The standard InChI is InChI=1S/C15H32N2O/c1-5-13-7-6-9-17(10-8-13)12-14(18)11-16-15(2,3)4/h13-14,16,18H,5-12H2,1-4H3. The summed E-state index contributed by atoms with van der Waals surface area (Å²) in [5.74, 6) is 0.903. The minimum absolute atomic E-state index is 0.0904. The van der Waals surface area contributed by atoms with E-state index in [0.717, 1.165) is 25.6 Å². The van der Waals surface area contributed by atoms with Gasteiger partial charge in [0.15, 0.2) is 0 Å². The van der Waals surface area contributed by atoms with Crippen LogP contribution in [0.2, 0.25) is 0 Å². The first-order chi connectivity index (χ1) is 8.40. The molecule has 2 unspecified atom stereocenters. The summed E-state index contributed by atoms with van der Waals surface area (Å²) in [6.45, 7) is 12.5. The molecule has 1 fully saturated rings. The molecule has 0 aromatic rings. The van der Waals surface area contributed by atoms with Gasteiger partial charge in [0.25, 0.3) is 0 Å². The number of nitrogens with zero attached hydrogens (tertiary/aromatic N) is 1. The highest BCUT2D eigenvalue weighted by Crippen LogP contribution is 2.20. The summed E-state index contributed by atoms with van der Waals surface area (Å²) in [6.07, 6.45) is 5.02. The second kappa shape index (κ2) is 7.46. The molecule has 108 valence electrons. The smallest absolute Gasteiger partial charge is 0.0791 e. The van der Waals surface area contributed by atoms with Gasteiger partial charge in [-0.15, -0.1) is 0 Å². The lowest BCUT2D eigenvalue weighted by Crippen LogP contribution is -2.45. The van der Waals surface area contributed by atoms with E-state index in [1.54, 1.807) is 0 Å². The number of likely N-dealkylation sites (tertiary alicyclic amines) is 1. The van der Waals surface area contributed by atoms with Crippen molar-refractivity contribution in [3.05, 3.63) is 0 Å². The van der Waals surface area contributed by atoms with Crippen LogP contribution in [0.5, 0.6) is 0 Å². The SMILES string of the molecule is CCC1CCCN(CC(O)CNC(C)(C)C)CC1. The Hall–Kier alpha value is -0.120. The van der Waals surface area contributed by atoms with Gasteiger partial charge in [-0.1, -0.05) is 13.3 Å². The van der Waals surface area contributed by atoms with E-state index in [0.29, 0.717) is 6.54 Å². The molecule has 0 bridgehead atoms. The van der Waals surface area contributed by atoms with Gasteiger partial charge in [0.05, 0.1) is 6.10 Å². The second-order valence-corrected chi connectivity index (χ2v) is 6.79. The maximum absolute atomic E-state index is 10.1. The normalized spacial score (nSPS) is 24.8. The molecule has 0 spiro atoms. The van der Waals surface area contributed by atoms with E-state index in [-0.39, 0.29) is 11.6 Å². The lowest BCUT2D eigenvalue weighted by molar-refractivity contribution is 0.106. The molecule has 0 amide bonds. The predicted molar refractivity (Wildman–Crippen MR) is 77.8 cm³/mol. The van der Waals surface area contributed by atoms with Crippen LogP contribution in [0.25, 0.3) is 0 Å². The number of hydrogen-bond acceptors (Lipinski definition) is 3. The van der Waals surface area contributed by atoms with Crippen LogP contribution in [0.1, 0.15) is 53.4 Å². The van der Waals surface area contributed by atoms with E-state index < -0.39 is 0 Å². The van der Waals surface area contributed by atoms with E-state index in [9.17, 15) is 5.11 Å². The van der Waals surface area contributed by atoms with Crippen molar-refractivity contribution in [1.29, 1.82) is 0 Å². The highest BCUT2D eigenvalue weighted by Gasteiger charge is 2.19. The van der Waals surface area contributed by atoms with Crippen LogP contribution in [-0.4, -0.2) is 47.8 Å².